The van der Waals surface area contributed by atoms with Crippen molar-refractivity contribution in [3.05, 3.63) is 17.7 Å². The fraction of sp³-hybridized carbons (Fsp3) is 0.611. The quantitative estimate of drug-likeness (QED) is 0.792. The van der Waals surface area contributed by atoms with Crippen molar-refractivity contribution in [1.29, 1.82) is 0 Å². The van der Waals surface area contributed by atoms with Gasteiger partial charge in [0.1, 0.15) is 0 Å². The lowest BCUT2D eigenvalue weighted by Gasteiger charge is -2.35. The van der Waals surface area contributed by atoms with E-state index >= 15 is 0 Å². The molecule has 0 radical (unpaired) electrons. The highest BCUT2D eigenvalue weighted by atomic mass is 16.5. The second-order valence-electron chi connectivity index (χ2n) is 6.37. The van der Waals surface area contributed by atoms with Crippen LogP contribution in [0.25, 0.3) is 0 Å². The highest BCUT2D eigenvalue weighted by Crippen LogP contribution is 2.38. The van der Waals surface area contributed by atoms with Crippen molar-refractivity contribution < 1.29 is 19.0 Å². The summed E-state index contributed by atoms with van der Waals surface area (Å²) >= 11 is 0. The van der Waals surface area contributed by atoms with Gasteiger partial charge in [-0.25, -0.2) is 0 Å². The molecule has 1 aliphatic heterocycles. The van der Waals surface area contributed by atoms with Gasteiger partial charge >= 0.3 is 0 Å². The maximum absolute atomic E-state index is 12.1. The zero-order valence-electron chi connectivity index (χ0n) is 15.6. The van der Waals surface area contributed by atoms with Crippen LogP contribution in [-0.4, -0.2) is 69.3 Å². The number of carbonyl (C=O) groups excluding carboxylic acids is 1. The SMILES string of the molecule is COc1cc(CN2CCN(C(=O)CC(C)N)CC2)cc(OC)c1OC. The Bertz CT molecular complexity index is 559. The molecule has 0 aromatic heterocycles. The molecule has 7 nitrogen and oxygen atoms in total. The summed E-state index contributed by atoms with van der Waals surface area (Å²) in [5, 5.41) is 0. The molecule has 0 spiro atoms. The van der Waals surface area contributed by atoms with Crippen LogP contribution < -0.4 is 19.9 Å². The van der Waals surface area contributed by atoms with Gasteiger partial charge in [-0.1, -0.05) is 0 Å². The topological polar surface area (TPSA) is 77.3 Å². The van der Waals surface area contributed by atoms with Gasteiger partial charge in [-0.2, -0.15) is 0 Å². The highest BCUT2D eigenvalue weighted by Gasteiger charge is 2.22. The molecule has 1 fully saturated rings. The Morgan fingerprint density at radius 3 is 2.08 bits per heavy atom. The summed E-state index contributed by atoms with van der Waals surface area (Å²) in [5.41, 5.74) is 6.80. The van der Waals surface area contributed by atoms with Gasteiger partial charge in [-0.05, 0) is 24.6 Å². The lowest BCUT2D eigenvalue weighted by Crippen LogP contribution is -2.49. The Morgan fingerprint density at radius 1 is 1.08 bits per heavy atom. The molecule has 1 atom stereocenters. The van der Waals surface area contributed by atoms with E-state index in [0.29, 0.717) is 23.7 Å². The number of amides is 1. The van der Waals surface area contributed by atoms with Crippen molar-refractivity contribution in [2.75, 3.05) is 47.5 Å². The molecule has 140 valence electrons. The van der Waals surface area contributed by atoms with E-state index < -0.39 is 0 Å². The number of hydrogen-bond donors (Lipinski definition) is 1. The number of ether oxygens (including phenoxy) is 3. The van der Waals surface area contributed by atoms with Crippen molar-refractivity contribution in [2.24, 2.45) is 5.73 Å². The summed E-state index contributed by atoms with van der Waals surface area (Å²) in [6, 6.07) is 3.84. The van der Waals surface area contributed by atoms with Crippen LogP contribution in [0, 0.1) is 0 Å². The van der Waals surface area contributed by atoms with Crippen molar-refractivity contribution in [3.63, 3.8) is 0 Å². The molecule has 1 aromatic carbocycles. The number of nitrogens with zero attached hydrogens (tertiary/aromatic N) is 2. The number of methoxy groups -OCH3 is 3. The predicted molar refractivity (Wildman–Crippen MR) is 96.2 cm³/mol. The van der Waals surface area contributed by atoms with Crippen LogP contribution in [0.2, 0.25) is 0 Å². The van der Waals surface area contributed by atoms with Crippen molar-refractivity contribution in [2.45, 2.75) is 25.9 Å². The predicted octanol–water partition coefficient (Wildman–Crippen LogP) is 1.09. The van der Waals surface area contributed by atoms with E-state index in [1.807, 2.05) is 24.0 Å². The van der Waals surface area contributed by atoms with Gasteiger partial charge in [0, 0.05) is 45.2 Å². The molecular weight excluding hydrogens is 322 g/mol. The van der Waals surface area contributed by atoms with Gasteiger partial charge in [-0.15, -0.1) is 0 Å². The first-order valence-corrected chi connectivity index (χ1v) is 8.53. The lowest BCUT2D eigenvalue weighted by molar-refractivity contribution is -0.133. The van der Waals surface area contributed by atoms with Gasteiger partial charge in [0.2, 0.25) is 11.7 Å². The van der Waals surface area contributed by atoms with Crippen LogP contribution in [0.3, 0.4) is 0 Å². The third-order valence-corrected chi connectivity index (χ3v) is 4.35. The number of rotatable bonds is 7. The van der Waals surface area contributed by atoms with Crippen molar-refractivity contribution in [1.82, 2.24) is 9.80 Å². The van der Waals surface area contributed by atoms with E-state index in [2.05, 4.69) is 4.90 Å². The molecule has 2 rings (SSSR count). The Kier molecular flexibility index (Phi) is 6.90. The summed E-state index contributed by atoms with van der Waals surface area (Å²) in [6.07, 6.45) is 0.410. The Labute approximate surface area is 149 Å². The average Bonchev–Trinajstić information content (AvgIpc) is 2.60. The minimum atomic E-state index is -0.0928. The Hall–Kier alpha value is -1.99. The first-order chi connectivity index (χ1) is 12.0. The van der Waals surface area contributed by atoms with Crippen LogP contribution in [-0.2, 0) is 11.3 Å². The van der Waals surface area contributed by atoms with E-state index in [0.717, 1.165) is 38.3 Å². The second-order valence-corrected chi connectivity index (χ2v) is 6.37. The smallest absolute Gasteiger partial charge is 0.224 e. The maximum atomic E-state index is 12.1. The Balaban J connectivity index is 1.99. The van der Waals surface area contributed by atoms with E-state index in [-0.39, 0.29) is 11.9 Å². The second kappa shape index (κ2) is 8.92. The summed E-state index contributed by atoms with van der Waals surface area (Å²) < 4.78 is 16.2. The number of benzene rings is 1. The first-order valence-electron chi connectivity index (χ1n) is 8.53. The lowest BCUT2D eigenvalue weighted by atomic mass is 10.1. The van der Waals surface area contributed by atoms with E-state index in [1.165, 1.54) is 0 Å². The van der Waals surface area contributed by atoms with E-state index in [1.54, 1.807) is 21.3 Å². The number of hydrogen-bond acceptors (Lipinski definition) is 6. The number of piperazine rings is 1. The summed E-state index contributed by atoms with van der Waals surface area (Å²) in [7, 11) is 4.83. The fourth-order valence-electron chi connectivity index (χ4n) is 3.04. The van der Waals surface area contributed by atoms with E-state index in [9.17, 15) is 4.79 Å². The molecule has 7 heteroatoms. The molecule has 1 aliphatic rings. The van der Waals surface area contributed by atoms with Crippen LogP contribution in [0.1, 0.15) is 18.9 Å². The molecule has 25 heavy (non-hydrogen) atoms. The van der Waals surface area contributed by atoms with Gasteiger partial charge in [0.15, 0.2) is 11.5 Å². The van der Waals surface area contributed by atoms with Gasteiger partial charge in [0.25, 0.3) is 0 Å². The molecule has 2 N–H and O–H groups in total. The third-order valence-electron chi connectivity index (χ3n) is 4.35. The molecule has 1 heterocycles. The minimum absolute atomic E-state index is 0.0928. The largest absolute Gasteiger partial charge is 0.493 e. The molecule has 0 saturated carbocycles. The highest BCUT2D eigenvalue weighted by molar-refractivity contribution is 5.76. The van der Waals surface area contributed by atoms with Gasteiger partial charge in [-0.3, -0.25) is 9.69 Å². The van der Waals surface area contributed by atoms with Gasteiger partial charge in [0.05, 0.1) is 21.3 Å². The molecule has 1 saturated heterocycles. The molecule has 1 unspecified atom stereocenters. The zero-order valence-corrected chi connectivity index (χ0v) is 15.6. The first kappa shape index (κ1) is 19.3. The molecular formula is C18H29N3O4. The van der Waals surface area contributed by atoms with E-state index in [4.69, 9.17) is 19.9 Å². The standard InChI is InChI=1S/C18H29N3O4/c1-13(19)9-17(22)21-7-5-20(6-8-21)12-14-10-15(23-2)18(25-4)16(11-14)24-3/h10-11,13H,5-9,12,19H2,1-4H3. The normalized spacial score (nSPS) is 16.4. The minimum Gasteiger partial charge on any atom is -0.493 e. The number of carbonyl (C=O) groups is 1. The number of nitrogens with two attached hydrogens (primary N) is 1. The monoisotopic (exact) mass is 351 g/mol. The maximum Gasteiger partial charge on any atom is 0.224 e. The molecule has 0 aliphatic carbocycles. The summed E-state index contributed by atoms with van der Waals surface area (Å²) in [4.78, 5) is 16.3. The zero-order chi connectivity index (χ0) is 18.4. The van der Waals surface area contributed by atoms with Crippen LogP contribution in [0.4, 0.5) is 0 Å². The van der Waals surface area contributed by atoms with Crippen LogP contribution >= 0.6 is 0 Å². The third kappa shape index (κ3) is 4.99. The molecule has 0 bridgehead atoms. The molecule has 1 aromatic rings. The van der Waals surface area contributed by atoms with Gasteiger partial charge < -0.3 is 24.8 Å². The van der Waals surface area contributed by atoms with Crippen LogP contribution in [0.5, 0.6) is 17.2 Å². The summed E-state index contributed by atoms with van der Waals surface area (Å²) in [5.74, 6) is 2.05. The summed E-state index contributed by atoms with van der Waals surface area (Å²) in [6.45, 7) is 5.76. The van der Waals surface area contributed by atoms with Crippen molar-refractivity contribution >= 4 is 5.91 Å². The average molecular weight is 351 g/mol. The fourth-order valence-corrected chi connectivity index (χ4v) is 3.04. The van der Waals surface area contributed by atoms with Crippen molar-refractivity contribution in [3.8, 4) is 17.2 Å². The van der Waals surface area contributed by atoms with Crippen LogP contribution in [0.15, 0.2) is 12.1 Å². The Morgan fingerprint density at radius 2 is 1.64 bits per heavy atom. The molecule has 1 amide bonds.